The Balaban J connectivity index is 3.58. The quantitative estimate of drug-likeness (QED) is 0.179. The highest BCUT2D eigenvalue weighted by atomic mass is 28.4. The molecular formula is C21H47NO3Si. The summed E-state index contributed by atoms with van der Waals surface area (Å²) in [5.74, 6) is 0. The van der Waals surface area contributed by atoms with Crippen LogP contribution in [-0.2, 0) is 0 Å². The highest BCUT2D eigenvalue weighted by Crippen LogP contribution is 2.28. The molecule has 0 bridgehead atoms. The van der Waals surface area contributed by atoms with E-state index in [0.29, 0.717) is 12.8 Å². The van der Waals surface area contributed by atoms with E-state index in [0.717, 1.165) is 25.7 Å². The number of rotatable bonds is 19. The van der Waals surface area contributed by atoms with E-state index in [-0.39, 0.29) is 6.04 Å². The van der Waals surface area contributed by atoms with Gasteiger partial charge in [0.05, 0.1) is 0 Å². The second-order valence-electron chi connectivity index (χ2n) is 8.20. The summed E-state index contributed by atoms with van der Waals surface area (Å²) in [6.45, 7) is 4.33. The SMILES string of the molecule is CCCCCCCCCCCCCCCC(CC(N)CCC)[Si](O)(O)O. The van der Waals surface area contributed by atoms with E-state index >= 15 is 0 Å². The lowest BCUT2D eigenvalue weighted by Gasteiger charge is -2.25. The molecule has 4 nitrogen and oxygen atoms in total. The highest BCUT2D eigenvalue weighted by Gasteiger charge is 2.39. The maximum absolute atomic E-state index is 9.68. The molecule has 0 rings (SSSR count). The van der Waals surface area contributed by atoms with Gasteiger partial charge in [0.2, 0.25) is 0 Å². The molecule has 0 aliphatic rings. The molecule has 158 valence electrons. The van der Waals surface area contributed by atoms with Crippen LogP contribution in [0.2, 0.25) is 5.54 Å². The lowest BCUT2D eigenvalue weighted by Crippen LogP contribution is -2.43. The van der Waals surface area contributed by atoms with Crippen molar-refractivity contribution in [3.8, 4) is 0 Å². The van der Waals surface area contributed by atoms with Crippen molar-refractivity contribution in [2.45, 2.75) is 135 Å². The predicted molar refractivity (Wildman–Crippen MR) is 114 cm³/mol. The van der Waals surface area contributed by atoms with E-state index in [1.807, 2.05) is 0 Å². The Labute approximate surface area is 164 Å². The normalized spacial score (nSPS) is 14.5. The van der Waals surface area contributed by atoms with Crippen LogP contribution < -0.4 is 5.73 Å². The summed E-state index contributed by atoms with van der Waals surface area (Å²) in [4.78, 5) is 29.0. The summed E-state index contributed by atoms with van der Waals surface area (Å²) in [7, 11) is -4.06. The van der Waals surface area contributed by atoms with Gasteiger partial charge in [0.25, 0.3) is 0 Å². The fraction of sp³-hybridized carbons (Fsp3) is 1.00. The topological polar surface area (TPSA) is 86.7 Å². The molecular weight excluding hydrogens is 342 g/mol. The third-order valence-electron chi connectivity index (χ3n) is 5.45. The molecule has 0 aromatic carbocycles. The van der Waals surface area contributed by atoms with Crippen LogP contribution in [0.15, 0.2) is 0 Å². The third kappa shape index (κ3) is 16.2. The molecule has 0 aliphatic carbocycles. The van der Waals surface area contributed by atoms with Crippen LogP contribution in [0.3, 0.4) is 0 Å². The molecule has 0 fully saturated rings. The van der Waals surface area contributed by atoms with Gasteiger partial charge in [-0.25, -0.2) is 0 Å². The summed E-state index contributed by atoms with van der Waals surface area (Å²) in [6.07, 6.45) is 20.0. The molecule has 0 aromatic rings. The van der Waals surface area contributed by atoms with E-state index in [4.69, 9.17) is 5.73 Å². The first-order valence-corrected chi connectivity index (χ1v) is 13.3. The van der Waals surface area contributed by atoms with Gasteiger partial charge in [0, 0.05) is 11.6 Å². The summed E-state index contributed by atoms with van der Waals surface area (Å²) >= 11 is 0. The van der Waals surface area contributed by atoms with Crippen molar-refractivity contribution < 1.29 is 14.4 Å². The monoisotopic (exact) mass is 389 g/mol. The summed E-state index contributed by atoms with van der Waals surface area (Å²) in [5.41, 5.74) is 5.61. The minimum absolute atomic E-state index is 0.0368. The lowest BCUT2D eigenvalue weighted by molar-refractivity contribution is 0.199. The molecule has 5 N–H and O–H groups in total. The molecule has 0 heterocycles. The van der Waals surface area contributed by atoms with Gasteiger partial charge in [-0.3, -0.25) is 0 Å². The Morgan fingerprint density at radius 2 is 1.04 bits per heavy atom. The van der Waals surface area contributed by atoms with Gasteiger partial charge in [-0.15, -0.1) is 0 Å². The van der Waals surface area contributed by atoms with Gasteiger partial charge < -0.3 is 20.1 Å². The van der Waals surface area contributed by atoms with Crippen LogP contribution in [0.1, 0.15) is 123 Å². The molecule has 0 radical (unpaired) electrons. The summed E-state index contributed by atoms with van der Waals surface area (Å²) in [6, 6.07) is -0.0368. The zero-order valence-corrected chi connectivity index (χ0v) is 18.6. The first kappa shape index (κ1) is 26.1. The van der Waals surface area contributed by atoms with Crippen LogP contribution in [-0.4, -0.2) is 29.2 Å². The van der Waals surface area contributed by atoms with Gasteiger partial charge in [-0.1, -0.05) is 104 Å². The van der Waals surface area contributed by atoms with Gasteiger partial charge in [0.15, 0.2) is 0 Å². The van der Waals surface area contributed by atoms with Crippen molar-refractivity contribution >= 4 is 8.80 Å². The maximum atomic E-state index is 9.68. The standard InChI is InChI=1S/C21H47NO3Si/c1-3-5-6-7-8-9-10-11-12-13-14-15-16-18-21(26(23,24)25)19-20(22)17-4-2/h20-21,23-25H,3-19,22H2,1-2H3. The van der Waals surface area contributed by atoms with Crippen molar-refractivity contribution in [1.29, 1.82) is 0 Å². The average Bonchev–Trinajstić information content (AvgIpc) is 2.57. The van der Waals surface area contributed by atoms with Crippen molar-refractivity contribution in [3.05, 3.63) is 0 Å². The molecule has 0 aliphatic heterocycles. The average molecular weight is 390 g/mol. The molecule has 0 aromatic heterocycles. The third-order valence-corrected chi connectivity index (χ3v) is 7.07. The zero-order valence-electron chi connectivity index (χ0n) is 17.6. The van der Waals surface area contributed by atoms with Crippen LogP contribution in [0.25, 0.3) is 0 Å². The van der Waals surface area contributed by atoms with Crippen molar-refractivity contribution in [2.24, 2.45) is 5.73 Å². The Morgan fingerprint density at radius 1 is 0.615 bits per heavy atom. The van der Waals surface area contributed by atoms with E-state index in [2.05, 4.69) is 13.8 Å². The Morgan fingerprint density at radius 3 is 1.42 bits per heavy atom. The Hall–Kier alpha value is 0.0569. The molecule has 0 spiro atoms. The van der Waals surface area contributed by atoms with Gasteiger partial charge in [0.1, 0.15) is 0 Å². The lowest BCUT2D eigenvalue weighted by atomic mass is 10.0. The fourth-order valence-corrected chi connectivity index (χ4v) is 4.94. The predicted octanol–water partition coefficient (Wildman–Crippen LogP) is 5.27. The minimum Gasteiger partial charge on any atom is -0.390 e. The molecule has 5 heteroatoms. The largest absolute Gasteiger partial charge is 0.496 e. The van der Waals surface area contributed by atoms with Gasteiger partial charge in [-0.05, 0) is 19.3 Å². The molecule has 0 saturated carbocycles. The fourth-order valence-electron chi connectivity index (χ4n) is 3.73. The maximum Gasteiger partial charge on any atom is 0.496 e. The smallest absolute Gasteiger partial charge is 0.390 e. The van der Waals surface area contributed by atoms with Gasteiger partial charge >= 0.3 is 8.80 Å². The van der Waals surface area contributed by atoms with Crippen LogP contribution in [0.5, 0.6) is 0 Å². The second kappa shape index (κ2) is 17.2. The van der Waals surface area contributed by atoms with Crippen molar-refractivity contribution in [3.63, 3.8) is 0 Å². The van der Waals surface area contributed by atoms with Gasteiger partial charge in [-0.2, -0.15) is 0 Å². The van der Waals surface area contributed by atoms with Crippen LogP contribution in [0, 0.1) is 0 Å². The first-order valence-electron chi connectivity index (χ1n) is 11.3. The van der Waals surface area contributed by atoms with Crippen LogP contribution in [0.4, 0.5) is 0 Å². The molecule has 0 amide bonds. The van der Waals surface area contributed by atoms with Crippen molar-refractivity contribution in [2.75, 3.05) is 0 Å². The minimum atomic E-state index is -4.06. The molecule has 26 heavy (non-hydrogen) atoms. The number of hydrogen-bond acceptors (Lipinski definition) is 4. The molecule has 2 atom stereocenters. The summed E-state index contributed by atoms with van der Waals surface area (Å²) in [5, 5.41) is 0. The zero-order chi connectivity index (χ0) is 19.7. The van der Waals surface area contributed by atoms with E-state index in [9.17, 15) is 14.4 Å². The second-order valence-corrected chi connectivity index (χ2v) is 10.4. The molecule has 0 saturated heterocycles. The Kier molecular flexibility index (Phi) is 17.2. The van der Waals surface area contributed by atoms with Crippen molar-refractivity contribution in [1.82, 2.24) is 0 Å². The van der Waals surface area contributed by atoms with E-state index in [1.54, 1.807) is 0 Å². The highest BCUT2D eigenvalue weighted by molar-refractivity contribution is 6.58. The number of unbranched alkanes of at least 4 members (excludes halogenated alkanes) is 12. The molecule has 2 unspecified atom stereocenters. The Bertz CT molecular complexity index is 297. The summed E-state index contributed by atoms with van der Waals surface area (Å²) < 4.78 is 0. The van der Waals surface area contributed by atoms with Crippen LogP contribution >= 0.6 is 0 Å². The number of hydrogen-bond donors (Lipinski definition) is 4. The van der Waals surface area contributed by atoms with E-state index < -0.39 is 14.3 Å². The van der Waals surface area contributed by atoms with E-state index in [1.165, 1.54) is 70.6 Å². The number of nitrogens with two attached hydrogens (primary N) is 1. The first-order chi connectivity index (χ1) is 12.4.